The van der Waals surface area contributed by atoms with Gasteiger partial charge in [0.15, 0.2) is 0 Å². The lowest BCUT2D eigenvalue weighted by molar-refractivity contribution is 0.452. The molecule has 72 valence electrons. The lowest BCUT2D eigenvalue weighted by atomic mass is 10.0. The number of hydrogen-bond acceptors (Lipinski definition) is 1. The second-order valence-corrected chi connectivity index (χ2v) is 3.59. The highest BCUT2D eigenvalue weighted by Crippen LogP contribution is 2.05. The highest BCUT2D eigenvalue weighted by molar-refractivity contribution is 4.88. The van der Waals surface area contributed by atoms with Crippen LogP contribution in [-0.4, -0.2) is 13.1 Å². The van der Waals surface area contributed by atoms with Gasteiger partial charge in [0, 0.05) is 0 Å². The molecule has 0 bridgehead atoms. The molecule has 0 aliphatic carbocycles. The van der Waals surface area contributed by atoms with Crippen molar-refractivity contribution in [2.75, 3.05) is 13.1 Å². The Bertz CT molecular complexity index is 114. The monoisotopic (exact) mass is 169 g/mol. The lowest BCUT2D eigenvalue weighted by Crippen LogP contribution is -2.23. The van der Waals surface area contributed by atoms with Gasteiger partial charge >= 0.3 is 0 Å². The average Bonchev–Trinajstić information content (AvgIpc) is 2.04. The maximum absolute atomic E-state index is 3.87. The Labute approximate surface area is 77.2 Å². The van der Waals surface area contributed by atoms with E-state index in [0.717, 1.165) is 18.9 Å². The molecule has 0 saturated carbocycles. The molecule has 0 saturated heterocycles. The summed E-state index contributed by atoms with van der Waals surface area (Å²) >= 11 is 0. The van der Waals surface area contributed by atoms with E-state index in [9.17, 15) is 0 Å². The summed E-state index contributed by atoms with van der Waals surface area (Å²) in [4.78, 5) is 0. The molecule has 0 aromatic rings. The van der Waals surface area contributed by atoms with Gasteiger partial charge in [-0.25, -0.2) is 0 Å². The largest absolute Gasteiger partial charge is 0.316 e. The molecule has 0 spiro atoms. The number of nitrogens with one attached hydrogen (secondary N) is 1. The van der Waals surface area contributed by atoms with Gasteiger partial charge in [-0.15, -0.1) is 6.58 Å². The van der Waals surface area contributed by atoms with Crippen molar-refractivity contribution >= 4 is 0 Å². The van der Waals surface area contributed by atoms with Crippen LogP contribution in [-0.2, 0) is 0 Å². The summed E-state index contributed by atoms with van der Waals surface area (Å²) in [7, 11) is 0. The standard InChI is InChI=1S/C11H23N/c1-5-11(6-2)9-12-8-7-10(3)4/h11-12H,3,5-9H2,1-2,4H3. The second-order valence-electron chi connectivity index (χ2n) is 3.59. The van der Waals surface area contributed by atoms with Crippen LogP contribution in [0.5, 0.6) is 0 Å². The molecule has 0 fully saturated rings. The molecule has 0 aliphatic rings. The quantitative estimate of drug-likeness (QED) is 0.456. The van der Waals surface area contributed by atoms with Crippen molar-refractivity contribution in [2.45, 2.75) is 40.0 Å². The highest BCUT2D eigenvalue weighted by atomic mass is 14.8. The van der Waals surface area contributed by atoms with Gasteiger partial charge in [0.05, 0.1) is 0 Å². The molecule has 0 radical (unpaired) electrons. The van der Waals surface area contributed by atoms with Crippen LogP contribution in [0.25, 0.3) is 0 Å². The molecule has 0 aromatic heterocycles. The Kier molecular flexibility index (Phi) is 7.17. The summed E-state index contributed by atoms with van der Waals surface area (Å²) in [5, 5.41) is 3.46. The first kappa shape index (κ1) is 11.7. The highest BCUT2D eigenvalue weighted by Gasteiger charge is 2.00. The summed E-state index contributed by atoms with van der Waals surface area (Å²) in [6, 6.07) is 0. The molecule has 0 unspecified atom stereocenters. The predicted molar refractivity (Wildman–Crippen MR) is 56.4 cm³/mol. The van der Waals surface area contributed by atoms with Crippen molar-refractivity contribution in [1.82, 2.24) is 5.32 Å². The minimum atomic E-state index is 0.857. The SMILES string of the molecule is C=C(C)CCNCC(CC)CC. The van der Waals surface area contributed by atoms with Gasteiger partial charge in [0.1, 0.15) is 0 Å². The summed E-state index contributed by atoms with van der Waals surface area (Å²) in [6.45, 7) is 12.7. The smallest absolute Gasteiger partial charge is 0.00117 e. The third-order valence-electron chi connectivity index (χ3n) is 2.32. The van der Waals surface area contributed by atoms with Crippen LogP contribution in [0, 0.1) is 5.92 Å². The Balaban J connectivity index is 3.23. The first-order valence-corrected chi connectivity index (χ1v) is 5.05. The topological polar surface area (TPSA) is 12.0 Å². The normalized spacial score (nSPS) is 10.7. The molecule has 12 heavy (non-hydrogen) atoms. The maximum Gasteiger partial charge on any atom is -0.00117 e. The molecule has 1 nitrogen and oxygen atoms in total. The van der Waals surface area contributed by atoms with E-state index >= 15 is 0 Å². The van der Waals surface area contributed by atoms with E-state index in [2.05, 4.69) is 32.7 Å². The van der Waals surface area contributed by atoms with Crippen LogP contribution >= 0.6 is 0 Å². The maximum atomic E-state index is 3.87. The number of hydrogen-bond donors (Lipinski definition) is 1. The molecule has 0 rings (SSSR count). The van der Waals surface area contributed by atoms with Gasteiger partial charge in [0.25, 0.3) is 0 Å². The van der Waals surface area contributed by atoms with Crippen LogP contribution in [0.3, 0.4) is 0 Å². The van der Waals surface area contributed by atoms with Crippen LogP contribution < -0.4 is 5.32 Å². The fourth-order valence-corrected chi connectivity index (χ4v) is 1.19. The van der Waals surface area contributed by atoms with Crippen molar-refractivity contribution in [1.29, 1.82) is 0 Å². The van der Waals surface area contributed by atoms with Crippen molar-refractivity contribution in [3.05, 3.63) is 12.2 Å². The van der Waals surface area contributed by atoms with E-state index < -0.39 is 0 Å². The van der Waals surface area contributed by atoms with E-state index in [1.165, 1.54) is 25.0 Å². The predicted octanol–water partition coefficient (Wildman–Crippen LogP) is 2.98. The van der Waals surface area contributed by atoms with E-state index in [0.29, 0.717) is 0 Å². The van der Waals surface area contributed by atoms with Gasteiger partial charge in [0.2, 0.25) is 0 Å². The minimum absolute atomic E-state index is 0.857. The Hall–Kier alpha value is -0.300. The van der Waals surface area contributed by atoms with Crippen LogP contribution in [0.2, 0.25) is 0 Å². The van der Waals surface area contributed by atoms with Gasteiger partial charge in [-0.1, -0.05) is 32.3 Å². The van der Waals surface area contributed by atoms with E-state index in [1.807, 2.05) is 0 Å². The zero-order chi connectivity index (χ0) is 9.40. The summed E-state index contributed by atoms with van der Waals surface area (Å²) in [6.07, 6.45) is 3.69. The summed E-state index contributed by atoms with van der Waals surface area (Å²) in [5.74, 6) is 0.857. The van der Waals surface area contributed by atoms with E-state index in [4.69, 9.17) is 0 Å². The summed E-state index contributed by atoms with van der Waals surface area (Å²) < 4.78 is 0. The molecule has 0 aliphatic heterocycles. The Morgan fingerprint density at radius 3 is 2.33 bits per heavy atom. The number of rotatable bonds is 7. The van der Waals surface area contributed by atoms with E-state index in [-0.39, 0.29) is 0 Å². The van der Waals surface area contributed by atoms with Crippen molar-refractivity contribution in [2.24, 2.45) is 5.92 Å². The molecule has 0 amide bonds. The molecule has 1 N–H and O–H groups in total. The minimum Gasteiger partial charge on any atom is -0.316 e. The van der Waals surface area contributed by atoms with Crippen molar-refractivity contribution < 1.29 is 0 Å². The Morgan fingerprint density at radius 2 is 1.92 bits per heavy atom. The van der Waals surface area contributed by atoms with Crippen molar-refractivity contribution in [3.8, 4) is 0 Å². The third-order valence-corrected chi connectivity index (χ3v) is 2.32. The second kappa shape index (κ2) is 7.35. The first-order chi connectivity index (χ1) is 5.70. The van der Waals surface area contributed by atoms with Crippen LogP contribution in [0.15, 0.2) is 12.2 Å². The molecule has 0 heterocycles. The molecule has 0 atom stereocenters. The van der Waals surface area contributed by atoms with Gasteiger partial charge in [-0.2, -0.15) is 0 Å². The molecule has 0 aromatic carbocycles. The molecule has 1 heteroatoms. The molecular weight excluding hydrogens is 146 g/mol. The fraction of sp³-hybridized carbons (Fsp3) is 0.818. The van der Waals surface area contributed by atoms with Gasteiger partial charge in [-0.3, -0.25) is 0 Å². The van der Waals surface area contributed by atoms with Gasteiger partial charge < -0.3 is 5.32 Å². The third kappa shape index (κ3) is 6.41. The Morgan fingerprint density at radius 1 is 1.33 bits per heavy atom. The fourth-order valence-electron chi connectivity index (χ4n) is 1.19. The first-order valence-electron chi connectivity index (χ1n) is 5.05. The van der Waals surface area contributed by atoms with Crippen LogP contribution in [0.1, 0.15) is 40.0 Å². The molecular formula is C11H23N. The van der Waals surface area contributed by atoms with Gasteiger partial charge in [-0.05, 0) is 32.4 Å². The lowest BCUT2D eigenvalue weighted by Gasteiger charge is -2.12. The van der Waals surface area contributed by atoms with Crippen LogP contribution in [0.4, 0.5) is 0 Å². The zero-order valence-corrected chi connectivity index (χ0v) is 8.82. The average molecular weight is 169 g/mol. The zero-order valence-electron chi connectivity index (χ0n) is 8.82. The van der Waals surface area contributed by atoms with Crippen molar-refractivity contribution in [3.63, 3.8) is 0 Å². The van der Waals surface area contributed by atoms with E-state index in [1.54, 1.807) is 0 Å². The summed E-state index contributed by atoms with van der Waals surface area (Å²) in [5.41, 5.74) is 1.27.